The van der Waals surface area contributed by atoms with Crippen LogP contribution in [0.3, 0.4) is 0 Å². The van der Waals surface area contributed by atoms with E-state index in [1.165, 1.54) is 10.8 Å². The van der Waals surface area contributed by atoms with Crippen molar-refractivity contribution in [3.05, 3.63) is 139 Å². The lowest BCUT2D eigenvalue weighted by Crippen LogP contribution is -1.97. The summed E-state index contributed by atoms with van der Waals surface area (Å²) in [5.74, 6) is 0. The number of nitrogens with zero attached hydrogens (tertiary/aromatic N) is 2. The van der Waals surface area contributed by atoms with Gasteiger partial charge in [0.1, 0.15) is 11.2 Å². The van der Waals surface area contributed by atoms with E-state index in [-0.39, 0.29) is 0 Å². The second-order valence-corrected chi connectivity index (χ2v) is 10.1. The second kappa shape index (κ2) is 8.73. The molecule has 0 aliphatic carbocycles. The molecule has 0 atom stereocenters. The van der Waals surface area contributed by atoms with Gasteiger partial charge in [-0.15, -0.1) is 0 Å². The van der Waals surface area contributed by atoms with Gasteiger partial charge in [-0.3, -0.25) is 0 Å². The summed E-state index contributed by atoms with van der Waals surface area (Å²) >= 11 is 0. The van der Waals surface area contributed by atoms with Gasteiger partial charge >= 0.3 is 0 Å². The Morgan fingerprint density at radius 2 is 1.12 bits per heavy atom. The van der Waals surface area contributed by atoms with Gasteiger partial charge in [0.15, 0.2) is 0 Å². The van der Waals surface area contributed by atoms with E-state index >= 15 is 0 Å². The zero-order valence-corrected chi connectivity index (χ0v) is 21.5. The SMILES string of the molecule is N#Cc1cc(-c2ccc3oc4ccccc4c3c2)cc(-c2ccccc2-n2c3ccccc3c3ccccc32)c1. The van der Waals surface area contributed by atoms with Crippen molar-refractivity contribution in [1.82, 2.24) is 4.57 Å². The van der Waals surface area contributed by atoms with Crippen molar-refractivity contribution in [1.29, 1.82) is 5.26 Å². The molecular formula is C37H22N2O. The molecule has 3 nitrogen and oxygen atoms in total. The Labute approximate surface area is 230 Å². The number of hydrogen-bond acceptors (Lipinski definition) is 2. The predicted octanol–water partition coefficient (Wildman–Crippen LogP) is 9.89. The molecule has 40 heavy (non-hydrogen) atoms. The van der Waals surface area contributed by atoms with Crippen molar-refractivity contribution in [2.24, 2.45) is 0 Å². The van der Waals surface area contributed by atoms with Crippen molar-refractivity contribution in [3.8, 4) is 34.0 Å². The molecule has 186 valence electrons. The molecule has 0 radical (unpaired) electrons. The summed E-state index contributed by atoms with van der Waals surface area (Å²) in [6.07, 6.45) is 0. The van der Waals surface area contributed by atoms with Gasteiger partial charge < -0.3 is 8.98 Å². The van der Waals surface area contributed by atoms with Crippen LogP contribution < -0.4 is 0 Å². The molecule has 0 aliphatic rings. The third-order valence-corrected chi connectivity index (χ3v) is 7.81. The van der Waals surface area contributed by atoms with E-state index in [0.717, 1.165) is 60.9 Å². The molecule has 0 saturated carbocycles. The highest BCUT2D eigenvalue weighted by atomic mass is 16.3. The first-order chi connectivity index (χ1) is 19.8. The maximum Gasteiger partial charge on any atom is 0.135 e. The van der Waals surface area contributed by atoms with Crippen molar-refractivity contribution >= 4 is 43.7 Å². The number of furan rings is 1. The highest BCUT2D eigenvalue weighted by molar-refractivity contribution is 6.10. The molecule has 0 N–H and O–H groups in total. The topological polar surface area (TPSA) is 41.9 Å². The lowest BCUT2D eigenvalue weighted by molar-refractivity contribution is 0.669. The number of para-hydroxylation sites is 4. The summed E-state index contributed by atoms with van der Waals surface area (Å²) in [7, 11) is 0. The van der Waals surface area contributed by atoms with Gasteiger partial charge in [0, 0.05) is 27.1 Å². The van der Waals surface area contributed by atoms with Crippen LogP contribution in [0.2, 0.25) is 0 Å². The van der Waals surface area contributed by atoms with Crippen molar-refractivity contribution in [2.45, 2.75) is 0 Å². The van der Waals surface area contributed by atoms with Crippen LogP contribution in [-0.4, -0.2) is 4.57 Å². The molecule has 8 aromatic rings. The molecular weight excluding hydrogens is 488 g/mol. The second-order valence-electron chi connectivity index (χ2n) is 10.1. The Balaban J connectivity index is 1.36. The Morgan fingerprint density at radius 1 is 0.500 bits per heavy atom. The molecule has 6 aromatic carbocycles. The molecule has 2 heterocycles. The number of aromatic nitrogens is 1. The van der Waals surface area contributed by atoms with Crippen molar-refractivity contribution in [2.75, 3.05) is 0 Å². The Morgan fingerprint density at radius 3 is 1.90 bits per heavy atom. The number of hydrogen-bond donors (Lipinski definition) is 0. The van der Waals surface area contributed by atoms with Gasteiger partial charge in [-0.05, 0) is 71.3 Å². The van der Waals surface area contributed by atoms with E-state index in [9.17, 15) is 5.26 Å². The van der Waals surface area contributed by atoms with Crippen LogP contribution in [-0.2, 0) is 0 Å². The molecule has 0 bridgehead atoms. The van der Waals surface area contributed by atoms with Crippen LogP contribution in [0, 0.1) is 11.3 Å². The molecule has 0 saturated heterocycles. The van der Waals surface area contributed by atoms with Gasteiger partial charge in [0.2, 0.25) is 0 Å². The fourth-order valence-corrected chi connectivity index (χ4v) is 6.01. The largest absolute Gasteiger partial charge is 0.456 e. The number of fused-ring (bicyclic) bond motifs is 6. The lowest BCUT2D eigenvalue weighted by Gasteiger charge is -2.15. The fraction of sp³-hybridized carbons (Fsp3) is 0. The first-order valence-electron chi connectivity index (χ1n) is 13.3. The molecule has 0 spiro atoms. The van der Waals surface area contributed by atoms with Crippen molar-refractivity contribution in [3.63, 3.8) is 0 Å². The third kappa shape index (κ3) is 3.37. The van der Waals surface area contributed by atoms with Gasteiger partial charge in [0.25, 0.3) is 0 Å². The summed E-state index contributed by atoms with van der Waals surface area (Å²) in [6.45, 7) is 0. The van der Waals surface area contributed by atoms with Gasteiger partial charge in [-0.2, -0.15) is 5.26 Å². The normalized spacial score (nSPS) is 11.5. The fourth-order valence-electron chi connectivity index (χ4n) is 6.01. The number of rotatable bonds is 3. The maximum absolute atomic E-state index is 10.0. The highest BCUT2D eigenvalue weighted by Crippen LogP contribution is 2.38. The Kier molecular flexibility index (Phi) is 4.89. The average Bonchev–Trinajstić information content (AvgIpc) is 3.56. The third-order valence-electron chi connectivity index (χ3n) is 7.81. The van der Waals surface area contributed by atoms with Gasteiger partial charge in [0.05, 0.1) is 28.4 Å². The molecule has 0 fully saturated rings. The maximum atomic E-state index is 10.0. The molecule has 8 rings (SSSR count). The van der Waals surface area contributed by atoms with Gasteiger partial charge in [-0.1, -0.05) is 78.9 Å². The summed E-state index contributed by atoms with van der Waals surface area (Å²) in [5, 5.41) is 14.6. The lowest BCUT2D eigenvalue weighted by atomic mass is 9.94. The number of benzene rings is 6. The van der Waals surface area contributed by atoms with E-state index in [2.05, 4.69) is 108 Å². The first kappa shape index (κ1) is 22.4. The molecule has 0 unspecified atom stereocenters. The van der Waals surface area contributed by atoms with Crippen LogP contribution in [0.15, 0.2) is 138 Å². The summed E-state index contributed by atoms with van der Waals surface area (Å²) in [4.78, 5) is 0. The predicted molar refractivity (Wildman–Crippen MR) is 164 cm³/mol. The van der Waals surface area contributed by atoms with E-state index in [1.807, 2.05) is 36.4 Å². The Hall–Kier alpha value is -5.59. The van der Waals surface area contributed by atoms with E-state index in [1.54, 1.807) is 0 Å². The zero-order chi connectivity index (χ0) is 26.6. The van der Waals surface area contributed by atoms with E-state index in [4.69, 9.17) is 4.42 Å². The van der Waals surface area contributed by atoms with Crippen LogP contribution >= 0.6 is 0 Å². The average molecular weight is 511 g/mol. The Bertz CT molecular complexity index is 2240. The first-order valence-corrected chi connectivity index (χ1v) is 13.3. The highest BCUT2D eigenvalue weighted by Gasteiger charge is 2.16. The zero-order valence-electron chi connectivity index (χ0n) is 21.5. The van der Waals surface area contributed by atoms with Crippen molar-refractivity contribution < 1.29 is 4.42 Å². The quantitative estimate of drug-likeness (QED) is 0.237. The summed E-state index contributed by atoms with van der Waals surface area (Å²) in [6, 6.07) is 48.4. The van der Waals surface area contributed by atoms with E-state index < -0.39 is 0 Å². The monoisotopic (exact) mass is 510 g/mol. The number of nitriles is 1. The van der Waals surface area contributed by atoms with Crippen LogP contribution in [0.4, 0.5) is 0 Å². The van der Waals surface area contributed by atoms with Crippen LogP contribution in [0.1, 0.15) is 5.56 Å². The van der Waals surface area contributed by atoms with Gasteiger partial charge in [-0.25, -0.2) is 0 Å². The minimum absolute atomic E-state index is 0.627. The molecule has 0 amide bonds. The summed E-state index contributed by atoms with van der Waals surface area (Å²) in [5.41, 5.74) is 9.88. The van der Waals surface area contributed by atoms with E-state index in [0.29, 0.717) is 5.56 Å². The summed E-state index contributed by atoms with van der Waals surface area (Å²) < 4.78 is 8.39. The van der Waals surface area contributed by atoms with Crippen LogP contribution in [0.25, 0.3) is 71.7 Å². The molecule has 2 aromatic heterocycles. The smallest absolute Gasteiger partial charge is 0.135 e. The molecule has 3 heteroatoms. The minimum atomic E-state index is 0.627. The standard InChI is InChI=1S/C37H22N2O/c38-23-24-19-26(25-17-18-37-32(22-25)31-12-4-8-16-36(31)40-37)21-27(20-24)28-9-1-5-13-33(28)39-34-14-6-2-10-29(34)30-11-3-7-15-35(30)39/h1-22H. The minimum Gasteiger partial charge on any atom is -0.456 e. The van der Waals surface area contributed by atoms with Crippen LogP contribution in [0.5, 0.6) is 0 Å². The molecule has 0 aliphatic heterocycles.